The summed E-state index contributed by atoms with van der Waals surface area (Å²) in [6.45, 7) is 0.131. The quantitative estimate of drug-likeness (QED) is 0.368. The van der Waals surface area contributed by atoms with Crippen molar-refractivity contribution in [2.24, 2.45) is 0 Å². The zero-order valence-electron chi connectivity index (χ0n) is 15.5. The van der Waals surface area contributed by atoms with Gasteiger partial charge in [0.2, 0.25) is 0 Å². The fourth-order valence-corrected chi connectivity index (χ4v) is 3.39. The first kappa shape index (κ1) is 18.0. The highest BCUT2D eigenvalue weighted by atomic mass is 16.5. The normalized spacial score (nSPS) is 12.0. The van der Waals surface area contributed by atoms with Crippen LogP contribution in [0.1, 0.15) is 17.2 Å². The molecule has 4 nitrogen and oxygen atoms in total. The minimum Gasteiger partial charge on any atom is -0.426 e. The largest absolute Gasteiger partial charge is 0.426 e. The molecule has 4 aromatic rings. The summed E-state index contributed by atoms with van der Waals surface area (Å²) in [5, 5.41) is 4.55. The summed E-state index contributed by atoms with van der Waals surface area (Å²) in [6.07, 6.45) is 2.80. The molecule has 0 spiro atoms. The van der Waals surface area contributed by atoms with Crippen molar-refractivity contribution in [3.05, 3.63) is 102 Å². The third-order valence-electron chi connectivity index (χ3n) is 4.75. The number of para-hydroxylation sites is 2. The number of carbonyl (C=O) groups is 1. The van der Waals surface area contributed by atoms with Crippen LogP contribution >= 0.6 is 0 Å². The van der Waals surface area contributed by atoms with Gasteiger partial charge in [-0.25, -0.2) is 0 Å². The van der Waals surface area contributed by atoms with Crippen molar-refractivity contribution in [2.75, 3.05) is 6.54 Å². The van der Waals surface area contributed by atoms with Crippen LogP contribution < -0.4 is 10.1 Å². The van der Waals surface area contributed by atoms with Crippen molar-refractivity contribution in [1.82, 2.24) is 10.3 Å². The van der Waals surface area contributed by atoms with Crippen LogP contribution in [0.5, 0.6) is 5.75 Å². The van der Waals surface area contributed by atoms with Gasteiger partial charge in [-0.3, -0.25) is 10.1 Å². The number of fused-ring (bicyclic) bond motifs is 1. The molecule has 1 atom stereocenters. The number of H-pyrrole nitrogens is 1. The van der Waals surface area contributed by atoms with Crippen molar-refractivity contribution in [3.63, 3.8) is 0 Å². The van der Waals surface area contributed by atoms with E-state index in [1.54, 1.807) is 12.1 Å². The molecule has 140 valence electrons. The van der Waals surface area contributed by atoms with Crippen molar-refractivity contribution in [3.8, 4) is 5.75 Å². The average Bonchev–Trinajstić information content (AvgIpc) is 3.17. The van der Waals surface area contributed by atoms with E-state index < -0.39 is 0 Å². The highest BCUT2D eigenvalue weighted by Crippen LogP contribution is 2.26. The van der Waals surface area contributed by atoms with Crippen LogP contribution in [-0.4, -0.2) is 17.5 Å². The lowest BCUT2D eigenvalue weighted by molar-refractivity contribution is -0.133. The topological polar surface area (TPSA) is 54.1 Å². The lowest BCUT2D eigenvalue weighted by Gasteiger charge is -2.18. The van der Waals surface area contributed by atoms with Crippen LogP contribution in [0.15, 0.2) is 91.1 Å². The molecule has 28 heavy (non-hydrogen) atoms. The molecule has 4 rings (SSSR count). The summed E-state index contributed by atoms with van der Waals surface area (Å²) in [5.41, 5.74) is 3.44. The molecule has 1 aromatic heterocycles. The van der Waals surface area contributed by atoms with E-state index in [4.69, 9.17) is 4.74 Å². The minimum absolute atomic E-state index is 0.0122. The van der Waals surface area contributed by atoms with Gasteiger partial charge in [0.15, 0.2) is 0 Å². The molecule has 0 bridgehead atoms. The molecule has 0 aliphatic carbocycles. The van der Waals surface area contributed by atoms with Crippen molar-refractivity contribution in [1.29, 1.82) is 0 Å². The number of ether oxygens (including phenoxy) is 1. The van der Waals surface area contributed by atoms with Gasteiger partial charge < -0.3 is 9.72 Å². The number of rotatable bonds is 7. The van der Waals surface area contributed by atoms with Gasteiger partial charge in [-0.05, 0) is 35.7 Å². The number of esters is 1. The van der Waals surface area contributed by atoms with E-state index in [0.29, 0.717) is 5.75 Å². The van der Waals surface area contributed by atoms with Crippen molar-refractivity contribution < 1.29 is 9.53 Å². The van der Waals surface area contributed by atoms with E-state index in [-0.39, 0.29) is 18.6 Å². The van der Waals surface area contributed by atoms with Crippen LogP contribution in [0.2, 0.25) is 0 Å². The van der Waals surface area contributed by atoms with E-state index in [1.165, 1.54) is 5.56 Å². The molecule has 0 aliphatic rings. The summed E-state index contributed by atoms with van der Waals surface area (Å²) >= 11 is 0. The van der Waals surface area contributed by atoms with Gasteiger partial charge in [-0.15, -0.1) is 0 Å². The Hall–Kier alpha value is -3.37. The monoisotopic (exact) mass is 370 g/mol. The second-order valence-electron chi connectivity index (χ2n) is 6.70. The fraction of sp³-hybridized carbons (Fsp3) is 0.125. The number of nitrogens with one attached hydrogen (secondary N) is 2. The number of hydrogen-bond donors (Lipinski definition) is 2. The Bertz CT molecular complexity index is 1040. The SMILES string of the molecule is O=C(CN[C@@H](Cc1ccccc1)c1c[nH]c2ccccc12)Oc1ccccc1. The molecule has 0 unspecified atom stereocenters. The molecule has 2 N–H and O–H groups in total. The average molecular weight is 370 g/mol. The lowest BCUT2D eigenvalue weighted by atomic mass is 9.98. The number of carbonyl (C=O) groups excluding carboxylic acids is 1. The Morgan fingerprint density at radius 1 is 0.893 bits per heavy atom. The Labute approximate surface area is 164 Å². The second kappa shape index (κ2) is 8.55. The summed E-state index contributed by atoms with van der Waals surface area (Å²) in [4.78, 5) is 15.6. The first-order chi connectivity index (χ1) is 13.8. The number of aromatic nitrogens is 1. The summed E-state index contributed by atoms with van der Waals surface area (Å²) < 4.78 is 5.41. The highest BCUT2D eigenvalue weighted by Gasteiger charge is 2.18. The van der Waals surface area contributed by atoms with E-state index in [1.807, 2.05) is 54.7 Å². The molecule has 0 saturated carbocycles. The van der Waals surface area contributed by atoms with Crippen LogP contribution in [0.3, 0.4) is 0 Å². The zero-order chi connectivity index (χ0) is 19.2. The molecule has 0 saturated heterocycles. The molecule has 0 aliphatic heterocycles. The Kier molecular flexibility index (Phi) is 5.50. The summed E-state index contributed by atoms with van der Waals surface area (Å²) in [6, 6.07) is 27.6. The zero-order valence-corrected chi connectivity index (χ0v) is 15.5. The van der Waals surface area contributed by atoms with E-state index in [0.717, 1.165) is 22.9 Å². The smallest absolute Gasteiger partial charge is 0.325 e. The van der Waals surface area contributed by atoms with Gasteiger partial charge in [-0.1, -0.05) is 66.7 Å². The summed E-state index contributed by atoms with van der Waals surface area (Å²) in [7, 11) is 0. The first-order valence-electron chi connectivity index (χ1n) is 9.38. The fourth-order valence-electron chi connectivity index (χ4n) is 3.39. The highest BCUT2D eigenvalue weighted by molar-refractivity contribution is 5.83. The Morgan fingerprint density at radius 3 is 2.36 bits per heavy atom. The third-order valence-corrected chi connectivity index (χ3v) is 4.75. The van der Waals surface area contributed by atoms with Gasteiger partial charge in [0.05, 0.1) is 6.54 Å². The predicted octanol–water partition coefficient (Wildman–Crippen LogP) is 4.65. The van der Waals surface area contributed by atoms with E-state index in [9.17, 15) is 4.79 Å². The molecular formula is C24H22N2O2. The van der Waals surface area contributed by atoms with Crippen LogP contribution in [0.4, 0.5) is 0 Å². The van der Waals surface area contributed by atoms with Gasteiger partial charge in [0.1, 0.15) is 5.75 Å². The first-order valence-corrected chi connectivity index (χ1v) is 9.38. The van der Waals surface area contributed by atoms with Gasteiger partial charge in [-0.2, -0.15) is 0 Å². The Morgan fingerprint density at radius 2 is 1.57 bits per heavy atom. The predicted molar refractivity (Wildman–Crippen MR) is 111 cm³/mol. The van der Waals surface area contributed by atoms with E-state index >= 15 is 0 Å². The maximum absolute atomic E-state index is 12.3. The lowest BCUT2D eigenvalue weighted by Crippen LogP contribution is -2.31. The molecule has 4 heteroatoms. The van der Waals surface area contributed by atoms with Gasteiger partial charge >= 0.3 is 5.97 Å². The maximum Gasteiger partial charge on any atom is 0.325 e. The van der Waals surface area contributed by atoms with Gasteiger partial charge in [0, 0.05) is 23.1 Å². The molecule has 0 fully saturated rings. The summed E-state index contributed by atoms with van der Waals surface area (Å²) in [5.74, 6) is 0.255. The van der Waals surface area contributed by atoms with E-state index in [2.05, 4.69) is 34.6 Å². The van der Waals surface area contributed by atoms with Crippen molar-refractivity contribution >= 4 is 16.9 Å². The molecule has 3 aromatic carbocycles. The van der Waals surface area contributed by atoms with Crippen LogP contribution in [-0.2, 0) is 11.2 Å². The standard InChI is InChI=1S/C24H22N2O2/c27-24(28-19-11-5-2-6-12-19)17-26-23(15-18-9-3-1-4-10-18)21-16-25-22-14-8-7-13-20(21)22/h1-14,16,23,25-26H,15,17H2/t23-/m0/s1. The molecular weight excluding hydrogens is 348 g/mol. The second-order valence-corrected chi connectivity index (χ2v) is 6.70. The molecule has 0 amide bonds. The van der Waals surface area contributed by atoms with Crippen LogP contribution in [0.25, 0.3) is 10.9 Å². The minimum atomic E-state index is -0.302. The third kappa shape index (κ3) is 4.30. The number of aromatic amines is 1. The number of hydrogen-bond acceptors (Lipinski definition) is 3. The maximum atomic E-state index is 12.3. The molecule has 0 radical (unpaired) electrons. The Balaban J connectivity index is 1.52. The van der Waals surface area contributed by atoms with Crippen LogP contribution in [0, 0.1) is 0 Å². The molecule has 1 heterocycles. The number of benzene rings is 3. The van der Waals surface area contributed by atoms with Crippen molar-refractivity contribution in [2.45, 2.75) is 12.5 Å². The van der Waals surface area contributed by atoms with Gasteiger partial charge in [0.25, 0.3) is 0 Å².